The molecule has 1 unspecified atom stereocenters. The monoisotopic (exact) mass is 442 g/mol. The lowest BCUT2D eigenvalue weighted by Gasteiger charge is -2.31. The molecule has 0 saturated heterocycles. The first-order valence-electron chi connectivity index (χ1n) is 9.89. The van der Waals surface area contributed by atoms with E-state index < -0.39 is 27.9 Å². The van der Waals surface area contributed by atoms with Crippen LogP contribution in [0.25, 0.3) is 10.9 Å². The third-order valence-electron chi connectivity index (χ3n) is 5.27. The first-order valence-corrected chi connectivity index (χ1v) is 11.7. The fraction of sp³-hybridized carbons (Fsp3) is 0.304. The average molecular weight is 443 g/mol. The first-order chi connectivity index (χ1) is 14.6. The highest BCUT2D eigenvalue weighted by Gasteiger charge is 2.34. The quantitative estimate of drug-likeness (QED) is 0.540. The van der Waals surface area contributed by atoms with Crippen LogP contribution in [0.3, 0.4) is 0 Å². The van der Waals surface area contributed by atoms with Gasteiger partial charge in [-0.3, -0.25) is 13.7 Å². The SMILES string of the molecule is CCC(C(=O)n1cc(C(=O)OC)c2ccccc21)N(c1cc(C)ccc1C)S(C)(=O)=O. The molecule has 0 saturated carbocycles. The van der Waals surface area contributed by atoms with Gasteiger partial charge in [0, 0.05) is 11.6 Å². The average Bonchev–Trinajstić information content (AvgIpc) is 3.12. The number of esters is 1. The van der Waals surface area contributed by atoms with Crippen LogP contribution in [0.5, 0.6) is 0 Å². The lowest BCUT2D eigenvalue weighted by molar-refractivity contribution is 0.0603. The van der Waals surface area contributed by atoms with Gasteiger partial charge < -0.3 is 4.74 Å². The molecule has 0 spiro atoms. The summed E-state index contributed by atoms with van der Waals surface area (Å²) in [6.07, 6.45) is 2.77. The molecule has 0 aliphatic rings. The Kier molecular flexibility index (Phi) is 6.22. The summed E-state index contributed by atoms with van der Waals surface area (Å²) in [6, 6.07) is 11.5. The van der Waals surface area contributed by atoms with Crippen LogP contribution in [0.1, 0.15) is 39.6 Å². The second-order valence-corrected chi connectivity index (χ2v) is 9.39. The maximum atomic E-state index is 13.7. The predicted molar refractivity (Wildman–Crippen MR) is 121 cm³/mol. The summed E-state index contributed by atoms with van der Waals surface area (Å²) in [5, 5.41) is 0.565. The zero-order chi connectivity index (χ0) is 22.9. The number of sulfonamides is 1. The van der Waals surface area contributed by atoms with Gasteiger partial charge in [-0.1, -0.05) is 37.3 Å². The Morgan fingerprint density at radius 2 is 1.81 bits per heavy atom. The third-order valence-corrected chi connectivity index (χ3v) is 6.43. The Balaban J connectivity index is 2.20. The molecule has 0 fully saturated rings. The summed E-state index contributed by atoms with van der Waals surface area (Å²) in [5.41, 5.74) is 2.86. The van der Waals surface area contributed by atoms with Crippen molar-refractivity contribution in [1.29, 1.82) is 0 Å². The van der Waals surface area contributed by atoms with Crippen molar-refractivity contribution >= 4 is 38.5 Å². The molecule has 1 heterocycles. The van der Waals surface area contributed by atoms with Crippen molar-refractivity contribution in [2.24, 2.45) is 0 Å². The molecule has 3 aromatic rings. The summed E-state index contributed by atoms with van der Waals surface area (Å²) in [6.45, 7) is 5.44. The first kappa shape index (κ1) is 22.6. The molecular formula is C23H26N2O5S. The predicted octanol–water partition coefficient (Wildman–Crippen LogP) is 3.93. The minimum absolute atomic E-state index is 0.249. The van der Waals surface area contributed by atoms with Gasteiger partial charge in [0.25, 0.3) is 5.91 Å². The van der Waals surface area contributed by atoms with Gasteiger partial charge in [-0.25, -0.2) is 13.2 Å². The lowest BCUT2D eigenvalue weighted by atomic mass is 10.1. The second kappa shape index (κ2) is 8.55. The number of hydrogen-bond donors (Lipinski definition) is 0. The molecule has 1 atom stereocenters. The van der Waals surface area contributed by atoms with E-state index in [1.165, 1.54) is 22.2 Å². The Bertz CT molecular complexity index is 1260. The molecule has 31 heavy (non-hydrogen) atoms. The molecule has 2 aromatic carbocycles. The summed E-state index contributed by atoms with van der Waals surface area (Å²) in [5.74, 6) is -1.01. The van der Waals surface area contributed by atoms with Crippen molar-refractivity contribution in [2.75, 3.05) is 17.7 Å². The molecule has 0 N–H and O–H groups in total. The van der Waals surface area contributed by atoms with E-state index in [9.17, 15) is 18.0 Å². The number of nitrogens with zero attached hydrogens (tertiary/aromatic N) is 2. The molecule has 0 bridgehead atoms. The van der Waals surface area contributed by atoms with E-state index in [2.05, 4.69) is 0 Å². The second-order valence-electron chi connectivity index (χ2n) is 7.53. The van der Waals surface area contributed by atoms with Crippen molar-refractivity contribution in [2.45, 2.75) is 33.2 Å². The number of carbonyl (C=O) groups is 2. The van der Waals surface area contributed by atoms with Crippen LogP contribution in [0, 0.1) is 13.8 Å². The molecule has 0 aliphatic heterocycles. The molecule has 1 aromatic heterocycles. The highest BCUT2D eigenvalue weighted by Crippen LogP contribution is 2.29. The van der Waals surface area contributed by atoms with Crippen LogP contribution in [0.4, 0.5) is 5.69 Å². The minimum Gasteiger partial charge on any atom is -0.465 e. The van der Waals surface area contributed by atoms with Crippen LogP contribution >= 0.6 is 0 Å². The number of fused-ring (bicyclic) bond motifs is 1. The highest BCUT2D eigenvalue weighted by molar-refractivity contribution is 7.92. The topological polar surface area (TPSA) is 85.7 Å². The van der Waals surface area contributed by atoms with E-state index >= 15 is 0 Å². The van der Waals surface area contributed by atoms with E-state index in [1.54, 1.807) is 37.3 Å². The Hall–Kier alpha value is -3.13. The molecule has 0 radical (unpaired) electrons. The van der Waals surface area contributed by atoms with Gasteiger partial charge in [0.15, 0.2) is 0 Å². The van der Waals surface area contributed by atoms with E-state index in [0.29, 0.717) is 16.6 Å². The van der Waals surface area contributed by atoms with Crippen molar-refractivity contribution in [3.05, 3.63) is 65.4 Å². The number of methoxy groups -OCH3 is 1. The van der Waals surface area contributed by atoms with E-state index in [1.807, 2.05) is 26.0 Å². The number of anilines is 1. The summed E-state index contributed by atoms with van der Waals surface area (Å²) < 4.78 is 33.1. The zero-order valence-corrected chi connectivity index (χ0v) is 19.1. The van der Waals surface area contributed by atoms with Crippen molar-refractivity contribution in [3.8, 4) is 0 Å². The molecule has 7 nitrogen and oxygen atoms in total. The molecule has 8 heteroatoms. The van der Waals surface area contributed by atoms with Gasteiger partial charge in [-0.2, -0.15) is 0 Å². The maximum Gasteiger partial charge on any atom is 0.340 e. The van der Waals surface area contributed by atoms with Gasteiger partial charge in [-0.05, 0) is 43.5 Å². The molecule has 164 valence electrons. The number of rotatable bonds is 6. The van der Waals surface area contributed by atoms with E-state index in [4.69, 9.17) is 4.74 Å². The summed E-state index contributed by atoms with van der Waals surface area (Å²) >= 11 is 0. The van der Waals surface area contributed by atoms with Gasteiger partial charge in [0.05, 0.1) is 30.1 Å². The normalized spacial score (nSPS) is 12.5. The third kappa shape index (κ3) is 4.20. The number of benzene rings is 2. The van der Waals surface area contributed by atoms with Crippen molar-refractivity contribution in [1.82, 2.24) is 4.57 Å². The highest BCUT2D eigenvalue weighted by atomic mass is 32.2. The minimum atomic E-state index is -3.78. The standard InChI is InChI=1S/C23H26N2O5S/c1-6-19(25(31(5,28)29)21-13-15(2)11-12-16(21)3)22(26)24-14-18(23(27)30-4)17-9-7-8-10-20(17)24/h7-14,19H,6H2,1-5H3. The number of aryl methyl sites for hydroxylation is 2. The van der Waals surface area contributed by atoms with Gasteiger partial charge in [0.2, 0.25) is 10.0 Å². The van der Waals surface area contributed by atoms with E-state index in [-0.39, 0.29) is 12.0 Å². The summed E-state index contributed by atoms with van der Waals surface area (Å²) in [7, 11) is -2.51. The number of para-hydroxylation sites is 1. The zero-order valence-electron chi connectivity index (χ0n) is 18.2. The van der Waals surface area contributed by atoms with Crippen LogP contribution < -0.4 is 4.31 Å². The Morgan fingerprint density at radius 1 is 1.13 bits per heavy atom. The van der Waals surface area contributed by atoms with Crippen LogP contribution in [-0.2, 0) is 14.8 Å². The largest absolute Gasteiger partial charge is 0.465 e. The number of carbonyl (C=O) groups excluding carboxylic acids is 2. The molecule has 0 amide bonds. The number of aromatic nitrogens is 1. The fourth-order valence-electron chi connectivity index (χ4n) is 3.77. The van der Waals surface area contributed by atoms with E-state index in [0.717, 1.165) is 17.4 Å². The van der Waals surface area contributed by atoms with Crippen molar-refractivity contribution in [3.63, 3.8) is 0 Å². The van der Waals surface area contributed by atoms with Crippen LogP contribution in [0.15, 0.2) is 48.7 Å². The van der Waals surface area contributed by atoms with Gasteiger partial charge >= 0.3 is 5.97 Å². The molecular weight excluding hydrogens is 416 g/mol. The molecule has 0 aliphatic carbocycles. The van der Waals surface area contributed by atoms with Crippen molar-refractivity contribution < 1.29 is 22.7 Å². The lowest BCUT2D eigenvalue weighted by Crippen LogP contribution is -2.46. The van der Waals surface area contributed by atoms with Crippen LogP contribution in [-0.4, -0.2) is 44.3 Å². The summed E-state index contributed by atoms with van der Waals surface area (Å²) in [4.78, 5) is 25.9. The fourth-order valence-corrected chi connectivity index (χ4v) is 5.03. The Labute approximate surface area is 182 Å². The Morgan fingerprint density at radius 3 is 2.42 bits per heavy atom. The maximum absolute atomic E-state index is 13.7. The van der Waals surface area contributed by atoms with Crippen LogP contribution in [0.2, 0.25) is 0 Å². The number of hydrogen-bond acceptors (Lipinski definition) is 5. The number of ether oxygens (including phenoxy) is 1. The van der Waals surface area contributed by atoms with Gasteiger partial charge in [-0.15, -0.1) is 0 Å². The van der Waals surface area contributed by atoms with Gasteiger partial charge in [0.1, 0.15) is 6.04 Å². The smallest absolute Gasteiger partial charge is 0.340 e. The molecule has 3 rings (SSSR count).